The first kappa shape index (κ1) is 14.1. The van der Waals surface area contributed by atoms with E-state index in [1.165, 1.54) is 6.20 Å². The number of carbonyl (C=O) groups excluding carboxylic acids is 1. The van der Waals surface area contributed by atoms with Crippen molar-refractivity contribution in [1.82, 2.24) is 29.9 Å². The minimum absolute atomic E-state index is 0.300. The van der Waals surface area contributed by atoms with Crippen LogP contribution < -0.4 is 5.32 Å². The molecule has 118 valence electrons. The zero-order valence-electron chi connectivity index (χ0n) is 12.8. The molecule has 0 fully saturated rings. The van der Waals surface area contributed by atoms with Gasteiger partial charge in [0.05, 0.1) is 17.4 Å². The third kappa shape index (κ3) is 2.39. The van der Waals surface area contributed by atoms with Gasteiger partial charge < -0.3 is 5.32 Å². The Hall–Kier alpha value is -3.55. The highest BCUT2D eigenvalue weighted by atomic mass is 16.1. The van der Waals surface area contributed by atoms with Crippen molar-refractivity contribution in [3.05, 3.63) is 60.2 Å². The first-order valence-electron chi connectivity index (χ1n) is 7.29. The van der Waals surface area contributed by atoms with Gasteiger partial charge in [-0.05, 0) is 18.6 Å². The molecular weight excluding hydrogens is 306 g/mol. The Morgan fingerprint density at radius 2 is 2.04 bits per heavy atom. The monoisotopic (exact) mass is 319 g/mol. The molecule has 0 unspecified atom stereocenters. The number of hydrogen-bond donors (Lipinski definition) is 2. The van der Waals surface area contributed by atoms with Crippen molar-refractivity contribution in [3.63, 3.8) is 0 Å². The van der Waals surface area contributed by atoms with Crippen LogP contribution in [0.4, 0.5) is 5.82 Å². The maximum Gasteiger partial charge on any atom is 0.260 e. The first-order valence-corrected chi connectivity index (χ1v) is 7.29. The molecule has 4 aromatic rings. The van der Waals surface area contributed by atoms with Crippen molar-refractivity contribution in [3.8, 4) is 5.69 Å². The van der Waals surface area contributed by atoms with Crippen LogP contribution in [0.25, 0.3) is 16.9 Å². The molecule has 0 aliphatic carbocycles. The first-order chi connectivity index (χ1) is 11.7. The quantitative estimate of drug-likeness (QED) is 0.602. The van der Waals surface area contributed by atoms with Crippen LogP contribution >= 0.6 is 0 Å². The Balaban J connectivity index is 1.61. The number of rotatable bonds is 3. The van der Waals surface area contributed by atoms with Gasteiger partial charge in [-0.15, -0.1) is 0 Å². The smallest absolute Gasteiger partial charge is 0.260 e. The van der Waals surface area contributed by atoms with E-state index in [0.717, 1.165) is 11.3 Å². The van der Waals surface area contributed by atoms with E-state index in [1.807, 2.05) is 31.2 Å². The van der Waals surface area contributed by atoms with Gasteiger partial charge in [-0.2, -0.15) is 10.2 Å². The number of H-pyrrole nitrogens is 1. The van der Waals surface area contributed by atoms with Crippen LogP contribution in [0.1, 0.15) is 15.9 Å². The SMILES string of the molecule is Cc1ccccc1-n1cc(C(=O)Nc2[nH]nc3nccnc23)cn1. The van der Waals surface area contributed by atoms with Crippen LogP contribution in [0.3, 0.4) is 0 Å². The number of hydrogen-bond acceptors (Lipinski definition) is 5. The van der Waals surface area contributed by atoms with Crippen molar-refractivity contribution in [2.45, 2.75) is 6.92 Å². The van der Waals surface area contributed by atoms with Crippen molar-refractivity contribution < 1.29 is 4.79 Å². The third-order valence-electron chi connectivity index (χ3n) is 3.63. The molecule has 0 aliphatic heterocycles. The number of nitrogens with zero attached hydrogens (tertiary/aromatic N) is 5. The highest BCUT2D eigenvalue weighted by Gasteiger charge is 2.14. The minimum atomic E-state index is -0.300. The van der Waals surface area contributed by atoms with Gasteiger partial charge in [0.25, 0.3) is 5.91 Å². The molecule has 0 saturated heterocycles. The van der Waals surface area contributed by atoms with E-state index >= 15 is 0 Å². The maximum atomic E-state index is 12.4. The molecule has 1 amide bonds. The molecule has 0 bridgehead atoms. The number of anilines is 1. The van der Waals surface area contributed by atoms with E-state index < -0.39 is 0 Å². The fourth-order valence-corrected chi connectivity index (χ4v) is 2.42. The van der Waals surface area contributed by atoms with E-state index in [9.17, 15) is 4.79 Å². The number of carbonyl (C=O) groups is 1. The molecular formula is C16H13N7O. The molecule has 4 rings (SSSR count). The standard InChI is InChI=1S/C16H13N7O/c1-10-4-2-3-5-12(10)23-9-11(8-19-23)16(24)20-15-13-14(21-22-15)18-7-6-17-13/h2-9H,1H3,(H2,18,20,21,22,24). The molecule has 0 spiro atoms. The molecule has 24 heavy (non-hydrogen) atoms. The zero-order valence-corrected chi connectivity index (χ0v) is 12.8. The van der Waals surface area contributed by atoms with Crippen LogP contribution in [0, 0.1) is 6.92 Å². The predicted octanol–water partition coefficient (Wildman–Crippen LogP) is 2.10. The fourth-order valence-electron chi connectivity index (χ4n) is 2.42. The topological polar surface area (TPSA) is 101 Å². The second-order valence-electron chi connectivity index (χ2n) is 5.24. The second-order valence-corrected chi connectivity index (χ2v) is 5.24. The zero-order chi connectivity index (χ0) is 16.5. The number of aryl methyl sites for hydroxylation is 1. The largest absolute Gasteiger partial charge is 0.305 e. The van der Waals surface area contributed by atoms with Gasteiger partial charge in [0, 0.05) is 18.6 Å². The van der Waals surface area contributed by atoms with Gasteiger partial charge >= 0.3 is 0 Å². The second kappa shape index (κ2) is 5.58. The summed E-state index contributed by atoms with van der Waals surface area (Å²) in [5, 5.41) is 13.7. The Labute approximate surface area is 136 Å². The average molecular weight is 319 g/mol. The lowest BCUT2D eigenvalue weighted by Gasteiger charge is -2.04. The number of aromatic nitrogens is 6. The molecule has 0 aliphatic rings. The molecule has 3 aromatic heterocycles. The number of aromatic amines is 1. The highest BCUT2D eigenvalue weighted by molar-refractivity contribution is 6.06. The molecule has 3 heterocycles. The van der Waals surface area contributed by atoms with Gasteiger partial charge in [0.15, 0.2) is 11.3 Å². The number of fused-ring (bicyclic) bond motifs is 1. The Kier molecular flexibility index (Phi) is 3.27. The fraction of sp³-hybridized carbons (Fsp3) is 0.0625. The van der Waals surface area contributed by atoms with Crippen molar-refractivity contribution in [2.24, 2.45) is 0 Å². The van der Waals surface area contributed by atoms with E-state index in [1.54, 1.807) is 23.3 Å². The predicted molar refractivity (Wildman–Crippen MR) is 87.9 cm³/mol. The number of amides is 1. The summed E-state index contributed by atoms with van der Waals surface area (Å²) in [7, 11) is 0. The maximum absolute atomic E-state index is 12.4. The van der Waals surface area contributed by atoms with Gasteiger partial charge in [0.2, 0.25) is 5.65 Å². The Morgan fingerprint density at radius 1 is 1.21 bits per heavy atom. The van der Waals surface area contributed by atoms with Crippen LogP contribution in [0.15, 0.2) is 49.1 Å². The van der Waals surface area contributed by atoms with Crippen molar-refractivity contribution >= 4 is 22.9 Å². The number of nitrogens with one attached hydrogen (secondary N) is 2. The average Bonchev–Trinajstić information content (AvgIpc) is 3.23. The number of para-hydroxylation sites is 1. The van der Waals surface area contributed by atoms with Crippen molar-refractivity contribution in [2.75, 3.05) is 5.32 Å². The van der Waals surface area contributed by atoms with Gasteiger partial charge in [-0.1, -0.05) is 18.2 Å². The summed E-state index contributed by atoms with van der Waals surface area (Å²) < 4.78 is 1.68. The summed E-state index contributed by atoms with van der Waals surface area (Å²) in [4.78, 5) is 20.6. The van der Waals surface area contributed by atoms with Gasteiger partial charge in [0.1, 0.15) is 0 Å². The molecule has 0 saturated carbocycles. The summed E-state index contributed by atoms with van der Waals surface area (Å²) in [6.07, 6.45) is 6.29. The molecule has 2 N–H and O–H groups in total. The lowest BCUT2D eigenvalue weighted by atomic mass is 10.2. The van der Waals surface area contributed by atoms with E-state index in [4.69, 9.17) is 0 Å². The minimum Gasteiger partial charge on any atom is -0.305 e. The van der Waals surface area contributed by atoms with E-state index in [-0.39, 0.29) is 5.91 Å². The third-order valence-corrected chi connectivity index (χ3v) is 3.63. The molecule has 0 atom stereocenters. The van der Waals surface area contributed by atoms with E-state index in [2.05, 4.69) is 30.6 Å². The normalized spacial score (nSPS) is 10.9. The highest BCUT2D eigenvalue weighted by Crippen LogP contribution is 2.17. The van der Waals surface area contributed by atoms with Crippen LogP contribution in [-0.4, -0.2) is 35.9 Å². The lowest BCUT2D eigenvalue weighted by Crippen LogP contribution is -2.12. The summed E-state index contributed by atoms with van der Waals surface area (Å²) in [5.41, 5.74) is 3.39. The molecule has 0 radical (unpaired) electrons. The Bertz CT molecular complexity index is 1030. The molecule has 1 aromatic carbocycles. The van der Waals surface area contributed by atoms with Crippen molar-refractivity contribution in [1.29, 1.82) is 0 Å². The van der Waals surface area contributed by atoms with Crippen LogP contribution in [0.5, 0.6) is 0 Å². The Morgan fingerprint density at radius 3 is 2.92 bits per heavy atom. The van der Waals surface area contributed by atoms with Crippen LogP contribution in [-0.2, 0) is 0 Å². The summed E-state index contributed by atoms with van der Waals surface area (Å²) in [5.74, 6) is 0.109. The molecule has 8 nitrogen and oxygen atoms in total. The summed E-state index contributed by atoms with van der Waals surface area (Å²) in [6.45, 7) is 1.99. The van der Waals surface area contributed by atoms with Gasteiger partial charge in [-0.3, -0.25) is 9.89 Å². The van der Waals surface area contributed by atoms with E-state index in [0.29, 0.717) is 22.5 Å². The van der Waals surface area contributed by atoms with Gasteiger partial charge in [-0.25, -0.2) is 14.6 Å². The van der Waals surface area contributed by atoms with Crippen LogP contribution in [0.2, 0.25) is 0 Å². The molecule has 8 heteroatoms. The lowest BCUT2D eigenvalue weighted by molar-refractivity contribution is 0.102. The number of benzene rings is 1. The summed E-state index contributed by atoms with van der Waals surface area (Å²) in [6, 6.07) is 7.83. The summed E-state index contributed by atoms with van der Waals surface area (Å²) >= 11 is 0.